The largest absolute Gasteiger partial charge is 0.493 e. The Labute approximate surface area is 210 Å². The molecule has 2 aromatic rings. The van der Waals surface area contributed by atoms with Crippen LogP contribution < -0.4 is 20.1 Å². The molecule has 0 fully saturated rings. The standard InChI is InChI=1S/C22H29N5O5.HI/c1-26(2)21(28)15-25-22(24-14-17-5-8-18(9-6-17)27(29)30)23-12-11-16-7-10-19(31-3)20(13-16)32-4;/h5-10,13H,11-12,14-15H2,1-4H3,(H2,23,24,25);1H. The van der Waals surface area contributed by atoms with Crippen molar-refractivity contribution >= 4 is 41.5 Å². The zero-order valence-electron chi connectivity index (χ0n) is 19.2. The number of likely N-dealkylation sites (N-methyl/N-ethyl adjacent to an activating group) is 1. The Balaban J connectivity index is 0.00000544. The number of aliphatic imine (C=N–C) groups is 1. The van der Waals surface area contributed by atoms with Gasteiger partial charge in [-0.3, -0.25) is 14.9 Å². The number of hydrogen-bond acceptors (Lipinski definition) is 6. The van der Waals surface area contributed by atoms with Crippen molar-refractivity contribution in [3.63, 3.8) is 0 Å². The molecule has 1 amide bonds. The van der Waals surface area contributed by atoms with Crippen LogP contribution in [-0.4, -0.2) is 63.1 Å². The van der Waals surface area contributed by atoms with Crippen molar-refractivity contribution in [1.82, 2.24) is 15.5 Å². The number of halogens is 1. The minimum absolute atomic E-state index is 0. The second kappa shape index (κ2) is 14.1. The van der Waals surface area contributed by atoms with E-state index in [-0.39, 0.29) is 42.1 Å². The highest BCUT2D eigenvalue weighted by Gasteiger charge is 2.08. The van der Waals surface area contributed by atoms with Crippen molar-refractivity contribution in [2.24, 2.45) is 4.99 Å². The first kappa shape index (κ1) is 27.9. The van der Waals surface area contributed by atoms with Gasteiger partial charge >= 0.3 is 0 Å². The van der Waals surface area contributed by atoms with E-state index in [1.807, 2.05) is 18.2 Å². The first-order valence-electron chi connectivity index (χ1n) is 10.0. The lowest BCUT2D eigenvalue weighted by Crippen LogP contribution is -2.43. The number of carbonyl (C=O) groups excluding carboxylic acids is 1. The van der Waals surface area contributed by atoms with E-state index in [0.717, 1.165) is 11.1 Å². The maximum absolute atomic E-state index is 11.9. The molecule has 180 valence electrons. The molecule has 33 heavy (non-hydrogen) atoms. The molecule has 10 nitrogen and oxygen atoms in total. The van der Waals surface area contributed by atoms with Gasteiger partial charge in [0, 0.05) is 32.8 Å². The molecule has 0 aliphatic carbocycles. The maximum atomic E-state index is 11.9. The number of hydrogen-bond donors (Lipinski definition) is 2. The fourth-order valence-corrected chi connectivity index (χ4v) is 2.75. The molecular formula is C22H30IN5O5. The summed E-state index contributed by atoms with van der Waals surface area (Å²) in [6.45, 7) is 0.965. The third kappa shape index (κ3) is 9.12. The minimum atomic E-state index is -0.442. The number of non-ortho nitro benzene ring substituents is 1. The number of amides is 1. The molecule has 0 aromatic heterocycles. The van der Waals surface area contributed by atoms with Gasteiger partial charge in [0.2, 0.25) is 5.91 Å². The van der Waals surface area contributed by atoms with Crippen molar-refractivity contribution in [2.75, 3.05) is 41.4 Å². The lowest BCUT2D eigenvalue weighted by Gasteiger charge is -2.15. The quantitative estimate of drug-likeness (QED) is 0.148. The zero-order valence-corrected chi connectivity index (χ0v) is 21.5. The fourth-order valence-electron chi connectivity index (χ4n) is 2.75. The molecule has 0 atom stereocenters. The Morgan fingerprint density at radius 1 is 1.03 bits per heavy atom. The van der Waals surface area contributed by atoms with E-state index in [9.17, 15) is 14.9 Å². The Hall–Kier alpha value is -3.09. The molecule has 2 rings (SSSR count). The molecule has 0 heterocycles. The van der Waals surface area contributed by atoms with Crippen molar-refractivity contribution < 1.29 is 19.2 Å². The van der Waals surface area contributed by atoms with Gasteiger partial charge in [0.05, 0.1) is 32.2 Å². The third-order valence-electron chi connectivity index (χ3n) is 4.63. The molecule has 0 saturated heterocycles. The number of nitro groups is 1. The molecule has 0 saturated carbocycles. The second-order valence-electron chi connectivity index (χ2n) is 7.10. The summed E-state index contributed by atoms with van der Waals surface area (Å²) >= 11 is 0. The van der Waals surface area contributed by atoms with Crippen molar-refractivity contribution in [2.45, 2.75) is 13.0 Å². The zero-order chi connectivity index (χ0) is 23.5. The second-order valence-corrected chi connectivity index (χ2v) is 7.10. The summed E-state index contributed by atoms with van der Waals surface area (Å²) in [5, 5.41) is 17.0. The van der Waals surface area contributed by atoms with Crippen LogP contribution in [-0.2, 0) is 17.8 Å². The van der Waals surface area contributed by atoms with E-state index in [1.54, 1.807) is 40.4 Å². The maximum Gasteiger partial charge on any atom is 0.269 e. The van der Waals surface area contributed by atoms with Crippen molar-refractivity contribution in [3.8, 4) is 11.5 Å². The van der Waals surface area contributed by atoms with Gasteiger partial charge in [-0.05, 0) is 29.7 Å². The van der Waals surface area contributed by atoms with E-state index >= 15 is 0 Å². The van der Waals surface area contributed by atoms with Crippen LogP contribution in [0, 0.1) is 10.1 Å². The number of benzene rings is 2. The average Bonchev–Trinajstić information content (AvgIpc) is 2.80. The van der Waals surface area contributed by atoms with Crippen LogP contribution in [0.3, 0.4) is 0 Å². The molecule has 2 N–H and O–H groups in total. The highest BCUT2D eigenvalue weighted by atomic mass is 127. The lowest BCUT2D eigenvalue weighted by atomic mass is 10.1. The van der Waals surface area contributed by atoms with Crippen LogP contribution in [0.4, 0.5) is 5.69 Å². The first-order chi connectivity index (χ1) is 15.3. The molecule has 0 aliphatic heterocycles. The van der Waals surface area contributed by atoms with Crippen LogP contribution in [0.5, 0.6) is 11.5 Å². The topological polar surface area (TPSA) is 118 Å². The first-order valence-corrected chi connectivity index (χ1v) is 10.0. The smallest absolute Gasteiger partial charge is 0.269 e. The summed E-state index contributed by atoms with van der Waals surface area (Å²) in [5.74, 6) is 1.71. The number of methoxy groups -OCH3 is 2. The van der Waals surface area contributed by atoms with Crippen LogP contribution in [0.25, 0.3) is 0 Å². The predicted molar refractivity (Wildman–Crippen MR) is 138 cm³/mol. The van der Waals surface area contributed by atoms with Gasteiger partial charge in [-0.1, -0.05) is 18.2 Å². The van der Waals surface area contributed by atoms with Gasteiger partial charge in [-0.2, -0.15) is 0 Å². The van der Waals surface area contributed by atoms with Crippen LogP contribution >= 0.6 is 24.0 Å². The number of ether oxygens (including phenoxy) is 2. The molecule has 0 spiro atoms. The number of nitrogens with zero attached hydrogens (tertiary/aromatic N) is 3. The van der Waals surface area contributed by atoms with Crippen molar-refractivity contribution in [3.05, 3.63) is 63.7 Å². The van der Waals surface area contributed by atoms with Crippen molar-refractivity contribution in [1.29, 1.82) is 0 Å². The van der Waals surface area contributed by atoms with Crippen LogP contribution in [0.15, 0.2) is 47.5 Å². The minimum Gasteiger partial charge on any atom is -0.493 e. The Morgan fingerprint density at radius 2 is 1.67 bits per heavy atom. The molecule has 0 unspecified atom stereocenters. The highest BCUT2D eigenvalue weighted by Crippen LogP contribution is 2.27. The summed E-state index contributed by atoms with van der Waals surface area (Å²) in [6.07, 6.45) is 0.695. The van der Waals surface area contributed by atoms with Gasteiger partial charge in [-0.15, -0.1) is 24.0 Å². The van der Waals surface area contributed by atoms with Gasteiger partial charge in [-0.25, -0.2) is 4.99 Å². The Bertz CT molecular complexity index is 951. The van der Waals surface area contributed by atoms with Crippen LogP contribution in [0.1, 0.15) is 11.1 Å². The Morgan fingerprint density at radius 3 is 2.24 bits per heavy atom. The number of carbonyl (C=O) groups is 1. The van der Waals surface area contributed by atoms with E-state index < -0.39 is 4.92 Å². The summed E-state index contributed by atoms with van der Waals surface area (Å²) in [4.78, 5) is 28.3. The lowest BCUT2D eigenvalue weighted by molar-refractivity contribution is -0.384. The fraction of sp³-hybridized carbons (Fsp3) is 0.364. The Kier molecular flexibility index (Phi) is 12.0. The van der Waals surface area contributed by atoms with E-state index in [0.29, 0.717) is 37.0 Å². The van der Waals surface area contributed by atoms with Gasteiger partial charge < -0.3 is 25.0 Å². The summed E-state index contributed by atoms with van der Waals surface area (Å²) < 4.78 is 10.6. The average molecular weight is 571 g/mol. The number of rotatable bonds is 10. The number of nitrogens with one attached hydrogen (secondary N) is 2. The molecule has 0 bridgehead atoms. The SMILES string of the molecule is COc1ccc(CCNC(=NCc2ccc([N+](=O)[O-])cc2)NCC(=O)N(C)C)cc1OC.I. The van der Waals surface area contributed by atoms with E-state index in [1.165, 1.54) is 17.0 Å². The van der Waals surface area contributed by atoms with Gasteiger partial charge in [0.15, 0.2) is 17.5 Å². The monoisotopic (exact) mass is 571 g/mol. The number of nitro benzene ring substituents is 1. The predicted octanol–water partition coefficient (Wildman–Crippen LogP) is 2.60. The summed E-state index contributed by atoms with van der Waals surface area (Å²) in [6, 6.07) is 11.9. The highest BCUT2D eigenvalue weighted by molar-refractivity contribution is 14.0. The van der Waals surface area contributed by atoms with E-state index in [2.05, 4.69) is 15.6 Å². The van der Waals surface area contributed by atoms with E-state index in [4.69, 9.17) is 9.47 Å². The summed E-state index contributed by atoms with van der Waals surface area (Å²) in [5.41, 5.74) is 1.89. The summed E-state index contributed by atoms with van der Waals surface area (Å²) in [7, 11) is 6.55. The normalized spacial score (nSPS) is 10.6. The molecule has 11 heteroatoms. The van der Waals surface area contributed by atoms with Gasteiger partial charge in [0.1, 0.15) is 0 Å². The van der Waals surface area contributed by atoms with Crippen LogP contribution in [0.2, 0.25) is 0 Å². The molecule has 0 radical (unpaired) electrons. The molecular weight excluding hydrogens is 541 g/mol. The molecule has 2 aromatic carbocycles. The van der Waals surface area contributed by atoms with Gasteiger partial charge in [0.25, 0.3) is 5.69 Å². The number of guanidine groups is 1. The molecule has 0 aliphatic rings. The third-order valence-corrected chi connectivity index (χ3v) is 4.63.